The van der Waals surface area contributed by atoms with Gasteiger partial charge in [0, 0.05) is 11.8 Å². The van der Waals surface area contributed by atoms with E-state index in [0.29, 0.717) is 23.6 Å². The monoisotopic (exact) mass is 242 g/mol. The molecule has 0 saturated heterocycles. The standard InChI is InChI=1S/C15H18N2O/c1-9-7-15(8-16)10(2)11(9)6-13-12(15)4-5-14(17-13)18-3/h4-5,9-11H,6-7H2,1-3H3/t9-,10-,11?,15?/m0/s1. The molecule has 0 radical (unpaired) electrons. The van der Waals surface area contributed by atoms with Crippen LogP contribution < -0.4 is 4.74 Å². The van der Waals surface area contributed by atoms with Crippen molar-refractivity contribution in [2.75, 3.05) is 7.11 Å². The molecule has 2 aliphatic carbocycles. The normalized spacial score (nSPS) is 36.9. The molecule has 4 atom stereocenters. The van der Waals surface area contributed by atoms with Crippen molar-refractivity contribution < 1.29 is 4.74 Å². The fraction of sp³-hybridized carbons (Fsp3) is 0.600. The maximum absolute atomic E-state index is 9.72. The number of fused-ring (bicyclic) bond motifs is 4. The Morgan fingerprint density at radius 1 is 1.44 bits per heavy atom. The van der Waals surface area contributed by atoms with E-state index >= 15 is 0 Å². The molecule has 1 fully saturated rings. The molecule has 0 aliphatic heterocycles. The van der Waals surface area contributed by atoms with Crippen molar-refractivity contribution in [3.05, 3.63) is 23.4 Å². The molecule has 2 aliphatic rings. The van der Waals surface area contributed by atoms with Crippen molar-refractivity contribution in [3.8, 4) is 11.9 Å². The lowest BCUT2D eigenvalue weighted by Crippen LogP contribution is -2.35. The third-order valence-corrected chi connectivity index (χ3v) is 5.06. The van der Waals surface area contributed by atoms with E-state index in [-0.39, 0.29) is 5.41 Å². The fourth-order valence-electron chi connectivity index (χ4n) is 4.02. The van der Waals surface area contributed by atoms with E-state index in [1.54, 1.807) is 7.11 Å². The lowest BCUT2D eigenvalue weighted by Gasteiger charge is -2.35. The smallest absolute Gasteiger partial charge is 0.213 e. The first kappa shape index (κ1) is 11.5. The third-order valence-electron chi connectivity index (χ3n) is 5.06. The number of methoxy groups -OCH3 is 1. The summed E-state index contributed by atoms with van der Waals surface area (Å²) in [5.74, 6) is 2.26. The number of aromatic nitrogens is 1. The summed E-state index contributed by atoms with van der Waals surface area (Å²) in [6.45, 7) is 4.49. The molecule has 0 amide bonds. The van der Waals surface area contributed by atoms with Crippen molar-refractivity contribution in [2.24, 2.45) is 17.8 Å². The average Bonchev–Trinajstić information content (AvgIpc) is 2.56. The Kier molecular flexibility index (Phi) is 2.38. The van der Waals surface area contributed by atoms with Crippen LogP contribution in [0.1, 0.15) is 31.5 Å². The van der Waals surface area contributed by atoms with E-state index in [2.05, 4.69) is 31.0 Å². The van der Waals surface area contributed by atoms with E-state index < -0.39 is 0 Å². The van der Waals surface area contributed by atoms with Crippen LogP contribution >= 0.6 is 0 Å². The Morgan fingerprint density at radius 3 is 2.89 bits per heavy atom. The molecule has 1 aromatic rings. The third kappa shape index (κ3) is 1.26. The number of rotatable bonds is 1. The summed E-state index contributed by atoms with van der Waals surface area (Å²) >= 11 is 0. The Bertz CT molecular complexity index is 534. The van der Waals surface area contributed by atoms with Crippen molar-refractivity contribution in [3.63, 3.8) is 0 Å². The van der Waals surface area contributed by atoms with Crippen LogP contribution in [0.15, 0.2) is 12.1 Å². The molecule has 1 heterocycles. The van der Waals surface area contributed by atoms with Crippen LogP contribution in [0.5, 0.6) is 5.88 Å². The lowest BCUT2D eigenvalue weighted by atomic mass is 9.67. The van der Waals surface area contributed by atoms with Crippen molar-refractivity contribution in [1.29, 1.82) is 5.26 Å². The Balaban J connectivity index is 2.19. The summed E-state index contributed by atoms with van der Waals surface area (Å²) in [4.78, 5) is 4.56. The van der Waals surface area contributed by atoms with Gasteiger partial charge in [0.2, 0.25) is 5.88 Å². The molecule has 0 spiro atoms. The Hall–Kier alpha value is -1.56. The molecular formula is C15H18N2O. The molecule has 94 valence electrons. The quantitative estimate of drug-likeness (QED) is 0.760. The summed E-state index contributed by atoms with van der Waals surface area (Å²) < 4.78 is 5.20. The second-order valence-corrected chi connectivity index (χ2v) is 5.77. The van der Waals surface area contributed by atoms with Crippen molar-refractivity contribution in [2.45, 2.75) is 32.1 Å². The van der Waals surface area contributed by atoms with Crippen LogP contribution in [0, 0.1) is 29.1 Å². The minimum absolute atomic E-state index is 0.322. The zero-order valence-corrected chi connectivity index (χ0v) is 11.1. The van der Waals surface area contributed by atoms with Crippen LogP contribution in [0.4, 0.5) is 0 Å². The van der Waals surface area contributed by atoms with Gasteiger partial charge < -0.3 is 4.74 Å². The zero-order chi connectivity index (χ0) is 12.9. The van der Waals surface area contributed by atoms with Gasteiger partial charge in [0.05, 0.1) is 18.6 Å². The van der Waals surface area contributed by atoms with Gasteiger partial charge in [0.1, 0.15) is 0 Å². The summed E-state index contributed by atoms with van der Waals surface area (Å²) in [7, 11) is 1.64. The van der Waals surface area contributed by atoms with E-state index in [9.17, 15) is 5.26 Å². The molecule has 2 bridgehead atoms. The second-order valence-electron chi connectivity index (χ2n) is 5.77. The van der Waals surface area contributed by atoms with Crippen LogP contribution in [0.3, 0.4) is 0 Å². The SMILES string of the molecule is COc1ccc2c(n1)CC1[C@@H](C)CC2(C#N)[C@H]1C. The van der Waals surface area contributed by atoms with Gasteiger partial charge in [-0.25, -0.2) is 4.98 Å². The van der Waals surface area contributed by atoms with E-state index in [4.69, 9.17) is 4.74 Å². The number of hydrogen-bond donors (Lipinski definition) is 0. The van der Waals surface area contributed by atoms with Gasteiger partial charge in [0.25, 0.3) is 0 Å². The van der Waals surface area contributed by atoms with Gasteiger partial charge in [-0.15, -0.1) is 0 Å². The predicted molar refractivity (Wildman–Crippen MR) is 68.2 cm³/mol. The molecule has 3 nitrogen and oxygen atoms in total. The van der Waals surface area contributed by atoms with Crippen LogP contribution in [0.25, 0.3) is 0 Å². The molecule has 18 heavy (non-hydrogen) atoms. The predicted octanol–water partition coefficient (Wildman–Crippen LogP) is 2.70. The summed E-state index contributed by atoms with van der Waals surface area (Å²) in [6, 6.07) is 6.54. The maximum atomic E-state index is 9.72. The number of nitriles is 1. The molecular weight excluding hydrogens is 224 g/mol. The van der Waals surface area contributed by atoms with E-state index in [0.717, 1.165) is 24.1 Å². The minimum atomic E-state index is -0.322. The molecule has 0 aromatic carbocycles. The number of ether oxygens (including phenoxy) is 1. The highest BCUT2D eigenvalue weighted by molar-refractivity contribution is 5.44. The van der Waals surface area contributed by atoms with E-state index in [1.165, 1.54) is 0 Å². The first-order chi connectivity index (χ1) is 8.62. The molecule has 1 aromatic heterocycles. The number of pyridine rings is 1. The largest absolute Gasteiger partial charge is 0.481 e. The zero-order valence-electron chi connectivity index (χ0n) is 11.1. The first-order valence-electron chi connectivity index (χ1n) is 6.58. The van der Waals surface area contributed by atoms with Gasteiger partial charge in [-0.1, -0.05) is 19.9 Å². The van der Waals surface area contributed by atoms with Gasteiger partial charge in [-0.3, -0.25) is 0 Å². The molecule has 3 rings (SSSR count). The maximum Gasteiger partial charge on any atom is 0.213 e. The summed E-state index contributed by atoms with van der Waals surface area (Å²) in [5, 5.41) is 9.72. The summed E-state index contributed by atoms with van der Waals surface area (Å²) in [5.41, 5.74) is 1.89. The first-order valence-corrected chi connectivity index (χ1v) is 6.58. The summed E-state index contributed by atoms with van der Waals surface area (Å²) in [6.07, 6.45) is 1.95. The number of nitrogens with zero attached hydrogens (tertiary/aromatic N) is 2. The van der Waals surface area contributed by atoms with Crippen molar-refractivity contribution >= 4 is 0 Å². The van der Waals surface area contributed by atoms with Crippen LogP contribution in [-0.2, 0) is 11.8 Å². The van der Waals surface area contributed by atoms with Gasteiger partial charge in [-0.05, 0) is 36.2 Å². The van der Waals surface area contributed by atoms with Gasteiger partial charge >= 0.3 is 0 Å². The topological polar surface area (TPSA) is 45.9 Å². The van der Waals surface area contributed by atoms with Gasteiger partial charge in [0.15, 0.2) is 0 Å². The molecule has 0 N–H and O–H groups in total. The highest BCUT2D eigenvalue weighted by Crippen LogP contribution is 2.56. The highest BCUT2D eigenvalue weighted by atomic mass is 16.5. The molecule has 3 heteroatoms. The lowest BCUT2D eigenvalue weighted by molar-refractivity contribution is 0.287. The fourth-order valence-corrected chi connectivity index (χ4v) is 4.02. The van der Waals surface area contributed by atoms with Gasteiger partial charge in [-0.2, -0.15) is 5.26 Å². The minimum Gasteiger partial charge on any atom is -0.481 e. The highest BCUT2D eigenvalue weighted by Gasteiger charge is 2.55. The van der Waals surface area contributed by atoms with Crippen LogP contribution in [0.2, 0.25) is 0 Å². The molecule has 2 unspecified atom stereocenters. The average molecular weight is 242 g/mol. The Morgan fingerprint density at radius 2 is 2.22 bits per heavy atom. The Labute approximate surface area is 108 Å². The van der Waals surface area contributed by atoms with Crippen molar-refractivity contribution in [1.82, 2.24) is 4.98 Å². The van der Waals surface area contributed by atoms with Crippen LogP contribution in [-0.4, -0.2) is 12.1 Å². The molecule has 1 saturated carbocycles. The second kappa shape index (κ2) is 3.71. The number of hydrogen-bond acceptors (Lipinski definition) is 3. The van der Waals surface area contributed by atoms with E-state index in [1.807, 2.05) is 6.07 Å².